The predicted octanol–water partition coefficient (Wildman–Crippen LogP) is 2.37. The largest absolute Gasteiger partial charge is 0.484 e. The Balaban J connectivity index is 1.76. The molecule has 0 aliphatic rings. The fraction of sp³-hybridized carbons (Fsp3) is 0.0714. The monoisotopic (exact) mass is 333 g/mol. The number of carbonyl (C=O) groups excluding carboxylic acids is 1. The van der Waals surface area contributed by atoms with Crippen LogP contribution in [0, 0.1) is 0 Å². The van der Waals surface area contributed by atoms with Crippen LogP contribution in [-0.2, 0) is 4.79 Å². The highest BCUT2D eigenvalue weighted by Crippen LogP contribution is 2.15. The molecule has 0 aliphatic carbocycles. The molecular formula is C14H12BrN3O2. The van der Waals surface area contributed by atoms with Crippen molar-refractivity contribution in [2.24, 2.45) is 5.10 Å². The number of ether oxygens (including phenoxy) is 1. The second-order valence-electron chi connectivity index (χ2n) is 3.82. The first-order valence-electron chi connectivity index (χ1n) is 5.84. The molecule has 20 heavy (non-hydrogen) atoms. The average Bonchev–Trinajstić information content (AvgIpc) is 2.48. The van der Waals surface area contributed by atoms with E-state index < -0.39 is 0 Å². The van der Waals surface area contributed by atoms with Gasteiger partial charge in [-0.2, -0.15) is 5.10 Å². The molecule has 0 atom stereocenters. The van der Waals surface area contributed by atoms with Gasteiger partial charge in [0, 0.05) is 22.4 Å². The van der Waals surface area contributed by atoms with Crippen LogP contribution in [0.1, 0.15) is 5.56 Å². The highest BCUT2D eigenvalue weighted by Gasteiger charge is 2.01. The predicted molar refractivity (Wildman–Crippen MR) is 79.6 cm³/mol. The average molecular weight is 334 g/mol. The number of hydrogen-bond donors (Lipinski definition) is 1. The molecule has 0 radical (unpaired) electrons. The van der Waals surface area contributed by atoms with Crippen LogP contribution in [0.15, 0.2) is 58.4 Å². The minimum absolute atomic E-state index is 0.0913. The molecule has 2 aromatic rings. The second-order valence-corrected chi connectivity index (χ2v) is 4.74. The number of benzene rings is 1. The van der Waals surface area contributed by atoms with Crippen molar-refractivity contribution in [2.75, 3.05) is 6.61 Å². The van der Waals surface area contributed by atoms with E-state index >= 15 is 0 Å². The molecule has 0 spiro atoms. The van der Waals surface area contributed by atoms with E-state index in [1.807, 2.05) is 18.2 Å². The number of aromatic nitrogens is 1. The Morgan fingerprint density at radius 2 is 2.15 bits per heavy atom. The number of pyridine rings is 1. The van der Waals surface area contributed by atoms with E-state index in [2.05, 4.69) is 31.4 Å². The third kappa shape index (κ3) is 4.81. The van der Waals surface area contributed by atoms with Gasteiger partial charge in [0.2, 0.25) is 0 Å². The van der Waals surface area contributed by atoms with Crippen molar-refractivity contribution in [3.63, 3.8) is 0 Å². The minimum Gasteiger partial charge on any atom is -0.484 e. The number of nitrogens with one attached hydrogen (secondary N) is 1. The smallest absolute Gasteiger partial charge is 0.277 e. The zero-order chi connectivity index (χ0) is 14.2. The number of hydrogen-bond acceptors (Lipinski definition) is 4. The molecule has 0 unspecified atom stereocenters. The van der Waals surface area contributed by atoms with Crippen LogP contribution >= 0.6 is 15.9 Å². The normalized spacial score (nSPS) is 10.4. The summed E-state index contributed by atoms with van der Waals surface area (Å²) in [6, 6.07) is 10.9. The highest BCUT2D eigenvalue weighted by atomic mass is 79.9. The number of carbonyl (C=O) groups is 1. The maximum absolute atomic E-state index is 11.5. The van der Waals surface area contributed by atoms with Crippen molar-refractivity contribution in [3.05, 3.63) is 58.8 Å². The first-order chi connectivity index (χ1) is 9.74. The Kier molecular flexibility index (Phi) is 5.25. The quantitative estimate of drug-likeness (QED) is 0.674. The van der Waals surface area contributed by atoms with Crippen LogP contribution in [0.5, 0.6) is 5.75 Å². The van der Waals surface area contributed by atoms with E-state index in [0.29, 0.717) is 5.75 Å². The van der Waals surface area contributed by atoms with Gasteiger partial charge in [-0.15, -0.1) is 0 Å². The van der Waals surface area contributed by atoms with E-state index in [0.717, 1.165) is 10.0 Å². The molecule has 0 saturated heterocycles. The van der Waals surface area contributed by atoms with E-state index in [4.69, 9.17) is 4.74 Å². The Morgan fingerprint density at radius 3 is 2.85 bits per heavy atom. The molecule has 5 nitrogen and oxygen atoms in total. The summed E-state index contributed by atoms with van der Waals surface area (Å²) < 4.78 is 6.26. The lowest BCUT2D eigenvalue weighted by atomic mass is 10.3. The summed E-state index contributed by atoms with van der Waals surface area (Å²) in [5, 5.41) is 3.82. The molecular weight excluding hydrogens is 322 g/mol. The summed E-state index contributed by atoms with van der Waals surface area (Å²) in [7, 11) is 0. The van der Waals surface area contributed by atoms with E-state index in [9.17, 15) is 4.79 Å². The van der Waals surface area contributed by atoms with E-state index in [1.54, 1.807) is 30.6 Å². The highest BCUT2D eigenvalue weighted by molar-refractivity contribution is 9.10. The fourth-order valence-electron chi connectivity index (χ4n) is 1.34. The molecule has 2 rings (SSSR count). The van der Waals surface area contributed by atoms with Crippen LogP contribution < -0.4 is 10.2 Å². The van der Waals surface area contributed by atoms with Crippen LogP contribution in [0.3, 0.4) is 0 Å². The van der Waals surface area contributed by atoms with Gasteiger partial charge in [0.15, 0.2) is 6.61 Å². The van der Waals surface area contributed by atoms with Crippen molar-refractivity contribution >= 4 is 28.1 Å². The van der Waals surface area contributed by atoms with E-state index in [1.165, 1.54) is 6.21 Å². The zero-order valence-electron chi connectivity index (χ0n) is 10.5. The van der Waals surface area contributed by atoms with Crippen LogP contribution in [-0.4, -0.2) is 23.7 Å². The Hall–Kier alpha value is -2.21. The second kappa shape index (κ2) is 7.40. The molecule has 6 heteroatoms. The number of rotatable bonds is 5. The Morgan fingerprint density at radius 1 is 1.35 bits per heavy atom. The topological polar surface area (TPSA) is 63.6 Å². The van der Waals surface area contributed by atoms with Crippen molar-refractivity contribution in [1.82, 2.24) is 10.4 Å². The van der Waals surface area contributed by atoms with Gasteiger partial charge in [-0.3, -0.25) is 9.78 Å². The molecule has 0 aliphatic heterocycles. The maximum Gasteiger partial charge on any atom is 0.277 e. The van der Waals surface area contributed by atoms with Gasteiger partial charge in [0.25, 0.3) is 5.91 Å². The summed E-state index contributed by atoms with van der Waals surface area (Å²) in [6.45, 7) is -0.0913. The number of amides is 1. The number of halogens is 1. The van der Waals surface area contributed by atoms with Gasteiger partial charge in [0.05, 0.1) is 6.21 Å². The molecule has 1 heterocycles. The molecule has 0 bridgehead atoms. The standard InChI is InChI=1S/C14H12BrN3O2/c15-12-3-5-13(6-4-12)20-10-14(19)18-17-9-11-2-1-7-16-8-11/h1-9H,10H2,(H,18,19). The minimum atomic E-state index is -0.326. The zero-order valence-corrected chi connectivity index (χ0v) is 12.1. The molecule has 1 aromatic heterocycles. The molecule has 1 N–H and O–H groups in total. The molecule has 1 aromatic carbocycles. The van der Waals surface area contributed by atoms with Gasteiger partial charge in [0.1, 0.15) is 5.75 Å². The third-order valence-electron chi connectivity index (χ3n) is 2.27. The Bertz CT molecular complexity index is 585. The van der Waals surface area contributed by atoms with Crippen LogP contribution in [0.2, 0.25) is 0 Å². The summed E-state index contributed by atoms with van der Waals surface area (Å²) in [5.41, 5.74) is 3.19. The fourth-order valence-corrected chi connectivity index (χ4v) is 1.61. The summed E-state index contributed by atoms with van der Waals surface area (Å²) in [4.78, 5) is 15.4. The summed E-state index contributed by atoms with van der Waals surface area (Å²) in [6.07, 6.45) is 4.83. The van der Waals surface area contributed by atoms with Gasteiger partial charge in [-0.25, -0.2) is 5.43 Å². The van der Waals surface area contributed by atoms with E-state index in [-0.39, 0.29) is 12.5 Å². The van der Waals surface area contributed by atoms with Crippen LogP contribution in [0.4, 0.5) is 0 Å². The van der Waals surface area contributed by atoms with Crippen molar-refractivity contribution in [2.45, 2.75) is 0 Å². The molecule has 1 amide bonds. The van der Waals surface area contributed by atoms with Gasteiger partial charge in [-0.1, -0.05) is 22.0 Å². The van der Waals surface area contributed by atoms with Gasteiger partial charge >= 0.3 is 0 Å². The lowest BCUT2D eigenvalue weighted by Crippen LogP contribution is -2.24. The molecule has 0 saturated carbocycles. The lowest BCUT2D eigenvalue weighted by molar-refractivity contribution is -0.123. The Labute approximate surface area is 124 Å². The van der Waals surface area contributed by atoms with Gasteiger partial charge in [-0.05, 0) is 30.3 Å². The molecule has 102 valence electrons. The van der Waals surface area contributed by atoms with Crippen molar-refractivity contribution in [1.29, 1.82) is 0 Å². The van der Waals surface area contributed by atoms with Crippen molar-refractivity contribution in [3.8, 4) is 5.75 Å². The maximum atomic E-state index is 11.5. The summed E-state index contributed by atoms with van der Waals surface area (Å²) in [5.74, 6) is 0.299. The lowest BCUT2D eigenvalue weighted by Gasteiger charge is -2.04. The number of hydrazone groups is 1. The first-order valence-corrected chi connectivity index (χ1v) is 6.63. The third-order valence-corrected chi connectivity index (χ3v) is 2.80. The number of nitrogens with zero attached hydrogens (tertiary/aromatic N) is 2. The SMILES string of the molecule is O=C(COc1ccc(Br)cc1)NN=Cc1cccnc1. The van der Waals surface area contributed by atoms with Crippen molar-refractivity contribution < 1.29 is 9.53 Å². The van der Waals surface area contributed by atoms with Gasteiger partial charge < -0.3 is 4.74 Å². The first kappa shape index (κ1) is 14.2. The van der Waals surface area contributed by atoms with Crippen LogP contribution in [0.25, 0.3) is 0 Å². The molecule has 0 fully saturated rings. The summed E-state index contributed by atoms with van der Waals surface area (Å²) >= 11 is 3.32.